The molecule has 6 nitrogen and oxygen atoms in total. The van der Waals surface area contributed by atoms with Gasteiger partial charge in [-0.1, -0.05) is 0 Å². The van der Waals surface area contributed by atoms with Gasteiger partial charge in [-0.3, -0.25) is 4.79 Å². The van der Waals surface area contributed by atoms with Crippen molar-refractivity contribution in [3.05, 3.63) is 47.9 Å². The molecular weight excluding hydrogens is 272 g/mol. The molecule has 0 radical (unpaired) electrons. The molecular formula is C15H14N2O4. The highest BCUT2D eigenvalue weighted by molar-refractivity contribution is 6.03. The summed E-state index contributed by atoms with van der Waals surface area (Å²) in [6.07, 6.45) is 1.41. The molecule has 1 N–H and O–H groups in total. The highest BCUT2D eigenvalue weighted by atomic mass is 16.5. The van der Waals surface area contributed by atoms with Gasteiger partial charge in [-0.05, 0) is 30.3 Å². The first-order chi connectivity index (χ1) is 10.2. The first-order valence-electron chi connectivity index (χ1n) is 6.25. The van der Waals surface area contributed by atoms with Crippen molar-refractivity contribution in [3.8, 4) is 11.8 Å². The molecule has 0 saturated heterocycles. The lowest BCUT2D eigenvalue weighted by Crippen LogP contribution is -2.13. The number of hydrogen-bond acceptors (Lipinski definition) is 5. The highest BCUT2D eigenvalue weighted by Crippen LogP contribution is 2.26. The van der Waals surface area contributed by atoms with Gasteiger partial charge < -0.3 is 19.2 Å². The molecule has 0 aliphatic rings. The fraction of sp³-hybridized carbons (Fsp3) is 0.200. The van der Waals surface area contributed by atoms with Gasteiger partial charge in [0.1, 0.15) is 12.4 Å². The van der Waals surface area contributed by atoms with E-state index >= 15 is 0 Å². The molecule has 0 spiro atoms. The number of carbonyl (C=O) groups excluding carboxylic acids is 1. The quantitative estimate of drug-likeness (QED) is 0.824. The SMILES string of the molecule is COCCOc1ccc(C#N)cc1NC(=O)c1ccco1. The minimum atomic E-state index is -0.410. The number of nitriles is 1. The summed E-state index contributed by atoms with van der Waals surface area (Å²) in [6, 6.07) is 9.98. The smallest absolute Gasteiger partial charge is 0.291 e. The lowest BCUT2D eigenvalue weighted by molar-refractivity contribution is 0.0996. The van der Waals surface area contributed by atoms with Crippen LogP contribution in [0.5, 0.6) is 5.75 Å². The first-order valence-corrected chi connectivity index (χ1v) is 6.25. The van der Waals surface area contributed by atoms with Crippen LogP contribution in [0.4, 0.5) is 5.69 Å². The summed E-state index contributed by atoms with van der Waals surface area (Å²) in [5.74, 6) is 0.234. The monoisotopic (exact) mass is 286 g/mol. The average Bonchev–Trinajstić information content (AvgIpc) is 3.03. The molecule has 0 bridgehead atoms. The number of benzene rings is 1. The molecule has 21 heavy (non-hydrogen) atoms. The van der Waals surface area contributed by atoms with Crippen LogP contribution in [0.2, 0.25) is 0 Å². The third-order valence-corrected chi connectivity index (χ3v) is 2.65. The zero-order valence-corrected chi connectivity index (χ0v) is 11.5. The molecule has 6 heteroatoms. The number of amides is 1. The average molecular weight is 286 g/mol. The number of hydrogen-bond donors (Lipinski definition) is 1. The molecule has 2 aromatic rings. The van der Waals surface area contributed by atoms with Crippen LogP contribution in [-0.4, -0.2) is 26.2 Å². The molecule has 1 amide bonds. The van der Waals surface area contributed by atoms with E-state index in [0.29, 0.717) is 30.2 Å². The summed E-state index contributed by atoms with van der Waals surface area (Å²) in [6.45, 7) is 0.762. The Morgan fingerprint density at radius 1 is 1.38 bits per heavy atom. The lowest BCUT2D eigenvalue weighted by atomic mass is 10.2. The van der Waals surface area contributed by atoms with Crippen LogP contribution >= 0.6 is 0 Å². The van der Waals surface area contributed by atoms with Gasteiger partial charge in [0.15, 0.2) is 5.76 Å². The summed E-state index contributed by atoms with van der Waals surface area (Å²) in [4.78, 5) is 12.0. The molecule has 0 aliphatic heterocycles. The van der Waals surface area contributed by atoms with Gasteiger partial charge in [0.25, 0.3) is 5.91 Å². The van der Waals surface area contributed by atoms with Crippen LogP contribution in [-0.2, 0) is 4.74 Å². The molecule has 0 fully saturated rings. The van der Waals surface area contributed by atoms with E-state index in [-0.39, 0.29) is 5.76 Å². The minimum absolute atomic E-state index is 0.181. The summed E-state index contributed by atoms with van der Waals surface area (Å²) in [5, 5.41) is 11.6. The number of carbonyl (C=O) groups is 1. The van der Waals surface area contributed by atoms with Gasteiger partial charge in [-0.15, -0.1) is 0 Å². The molecule has 1 heterocycles. The Bertz CT molecular complexity index is 644. The van der Waals surface area contributed by atoms with Crippen molar-refractivity contribution in [2.75, 3.05) is 25.6 Å². The second-order valence-electron chi connectivity index (χ2n) is 4.10. The largest absolute Gasteiger partial charge is 0.489 e. The predicted octanol–water partition coefficient (Wildman–Crippen LogP) is 2.43. The number of rotatable bonds is 6. The molecule has 1 aromatic heterocycles. The Morgan fingerprint density at radius 2 is 2.24 bits per heavy atom. The van der Waals surface area contributed by atoms with Crippen molar-refractivity contribution in [1.29, 1.82) is 5.26 Å². The van der Waals surface area contributed by atoms with E-state index < -0.39 is 5.91 Å². The fourth-order valence-electron chi connectivity index (χ4n) is 1.65. The topological polar surface area (TPSA) is 84.5 Å². The number of methoxy groups -OCH3 is 1. The Labute approximate surface area is 121 Å². The van der Waals surface area contributed by atoms with Crippen molar-refractivity contribution < 1.29 is 18.7 Å². The minimum Gasteiger partial charge on any atom is -0.489 e. The van der Waals surface area contributed by atoms with E-state index in [2.05, 4.69) is 5.32 Å². The highest BCUT2D eigenvalue weighted by Gasteiger charge is 2.13. The summed E-state index contributed by atoms with van der Waals surface area (Å²) < 4.78 is 15.4. The molecule has 1 aromatic carbocycles. The Morgan fingerprint density at radius 3 is 2.90 bits per heavy atom. The first kappa shape index (κ1) is 14.6. The predicted molar refractivity (Wildman–Crippen MR) is 75.2 cm³/mol. The van der Waals surface area contributed by atoms with Crippen LogP contribution < -0.4 is 10.1 Å². The molecule has 0 unspecified atom stereocenters. The maximum atomic E-state index is 12.0. The number of nitrogens with one attached hydrogen (secondary N) is 1. The summed E-state index contributed by atoms with van der Waals surface area (Å²) in [7, 11) is 1.57. The van der Waals surface area contributed by atoms with E-state index in [0.717, 1.165) is 0 Å². The standard InChI is InChI=1S/C15H14N2O4/c1-19-7-8-21-13-5-4-11(10-16)9-12(13)17-15(18)14-3-2-6-20-14/h2-6,9H,7-8H2,1H3,(H,17,18). The van der Waals surface area contributed by atoms with E-state index in [1.807, 2.05) is 6.07 Å². The molecule has 0 saturated carbocycles. The maximum Gasteiger partial charge on any atom is 0.291 e. The number of furan rings is 1. The third kappa shape index (κ3) is 3.84. The fourth-order valence-corrected chi connectivity index (χ4v) is 1.65. The van der Waals surface area contributed by atoms with E-state index in [1.165, 1.54) is 6.26 Å². The van der Waals surface area contributed by atoms with Crippen molar-refractivity contribution in [2.45, 2.75) is 0 Å². The summed E-state index contributed by atoms with van der Waals surface area (Å²) >= 11 is 0. The zero-order chi connectivity index (χ0) is 15.1. The van der Waals surface area contributed by atoms with Gasteiger partial charge in [0.2, 0.25) is 0 Å². The van der Waals surface area contributed by atoms with Crippen molar-refractivity contribution in [2.24, 2.45) is 0 Å². The molecule has 0 atom stereocenters. The van der Waals surface area contributed by atoms with Crippen LogP contribution in [0.1, 0.15) is 16.1 Å². The van der Waals surface area contributed by atoms with Crippen LogP contribution in [0.25, 0.3) is 0 Å². The van der Waals surface area contributed by atoms with Gasteiger partial charge in [0.05, 0.1) is 30.2 Å². The van der Waals surface area contributed by atoms with Crippen LogP contribution in [0.15, 0.2) is 41.0 Å². The number of nitrogens with zero attached hydrogens (tertiary/aromatic N) is 1. The molecule has 0 aliphatic carbocycles. The van der Waals surface area contributed by atoms with Gasteiger partial charge in [-0.25, -0.2) is 0 Å². The maximum absolute atomic E-state index is 12.0. The van der Waals surface area contributed by atoms with Crippen molar-refractivity contribution >= 4 is 11.6 Å². The number of ether oxygens (including phenoxy) is 2. The van der Waals surface area contributed by atoms with Crippen molar-refractivity contribution in [3.63, 3.8) is 0 Å². The lowest BCUT2D eigenvalue weighted by Gasteiger charge is -2.12. The second-order valence-corrected chi connectivity index (χ2v) is 4.10. The Kier molecular flexibility index (Phi) is 4.96. The van der Waals surface area contributed by atoms with E-state index in [9.17, 15) is 4.79 Å². The number of anilines is 1. The Balaban J connectivity index is 2.18. The van der Waals surface area contributed by atoms with E-state index in [4.69, 9.17) is 19.2 Å². The normalized spacial score (nSPS) is 9.90. The summed E-state index contributed by atoms with van der Waals surface area (Å²) in [5.41, 5.74) is 0.829. The molecule has 2 rings (SSSR count). The Hall–Kier alpha value is -2.78. The molecule has 108 valence electrons. The van der Waals surface area contributed by atoms with Crippen LogP contribution in [0.3, 0.4) is 0 Å². The van der Waals surface area contributed by atoms with Crippen molar-refractivity contribution in [1.82, 2.24) is 0 Å². The van der Waals surface area contributed by atoms with Gasteiger partial charge in [0, 0.05) is 7.11 Å². The second kappa shape index (κ2) is 7.12. The van der Waals surface area contributed by atoms with Crippen LogP contribution in [0, 0.1) is 11.3 Å². The van der Waals surface area contributed by atoms with Gasteiger partial charge in [-0.2, -0.15) is 5.26 Å². The van der Waals surface area contributed by atoms with E-state index in [1.54, 1.807) is 37.4 Å². The zero-order valence-electron chi connectivity index (χ0n) is 11.5. The van der Waals surface area contributed by atoms with Gasteiger partial charge >= 0.3 is 0 Å². The third-order valence-electron chi connectivity index (χ3n) is 2.65.